The molecular formula is C10H20N2O3S. The highest BCUT2D eigenvalue weighted by Crippen LogP contribution is 2.09. The molecule has 0 aromatic heterocycles. The molecule has 0 aromatic rings. The Balaban J connectivity index is 2.57. The normalized spacial score (nSPS) is 22.8. The molecule has 1 rings (SSSR count). The minimum atomic E-state index is -3.50. The second-order valence-corrected chi connectivity index (χ2v) is 6.65. The lowest BCUT2D eigenvalue weighted by Gasteiger charge is -2.16. The van der Waals surface area contributed by atoms with Gasteiger partial charge in [0.05, 0.1) is 11.3 Å². The summed E-state index contributed by atoms with van der Waals surface area (Å²) in [7, 11) is -3.50. The molecule has 1 amide bonds. The first-order chi connectivity index (χ1) is 7.43. The van der Waals surface area contributed by atoms with Crippen LogP contribution in [0.25, 0.3) is 0 Å². The number of carbonyl (C=O) groups is 1. The minimum Gasteiger partial charge on any atom is -0.306 e. The molecule has 0 spiro atoms. The van der Waals surface area contributed by atoms with Crippen molar-refractivity contribution in [1.29, 1.82) is 0 Å². The molecule has 1 aliphatic heterocycles. The van der Waals surface area contributed by atoms with Crippen molar-refractivity contribution in [3.63, 3.8) is 0 Å². The lowest BCUT2D eigenvalue weighted by Crippen LogP contribution is -2.47. The summed E-state index contributed by atoms with van der Waals surface area (Å²) in [6.07, 6.45) is 3.81. The molecule has 1 aliphatic rings. The van der Waals surface area contributed by atoms with Crippen LogP contribution in [0.15, 0.2) is 0 Å². The van der Waals surface area contributed by atoms with Crippen molar-refractivity contribution in [1.82, 2.24) is 10.0 Å². The van der Waals surface area contributed by atoms with Gasteiger partial charge in [0.1, 0.15) is 0 Å². The van der Waals surface area contributed by atoms with Crippen LogP contribution in [-0.4, -0.2) is 32.2 Å². The number of rotatable bonds is 3. The maximum absolute atomic E-state index is 11.7. The molecule has 0 bridgehead atoms. The molecular weight excluding hydrogens is 228 g/mol. The molecule has 1 unspecified atom stereocenters. The van der Waals surface area contributed by atoms with Gasteiger partial charge in [-0.15, -0.1) is 0 Å². The van der Waals surface area contributed by atoms with E-state index in [0.29, 0.717) is 6.42 Å². The van der Waals surface area contributed by atoms with Crippen LogP contribution >= 0.6 is 0 Å². The van der Waals surface area contributed by atoms with Gasteiger partial charge in [-0.25, -0.2) is 8.42 Å². The van der Waals surface area contributed by atoms with Crippen molar-refractivity contribution in [2.75, 3.05) is 6.54 Å². The molecule has 0 aromatic carbocycles. The zero-order chi connectivity index (χ0) is 12.2. The molecule has 6 heteroatoms. The summed E-state index contributed by atoms with van der Waals surface area (Å²) in [5.41, 5.74) is 0. The van der Waals surface area contributed by atoms with Crippen LogP contribution < -0.4 is 10.0 Å². The van der Waals surface area contributed by atoms with E-state index in [1.165, 1.54) is 0 Å². The first-order valence-electron chi connectivity index (χ1n) is 5.72. The van der Waals surface area contributed by atoms with Gasteiger partial charge in [-0.1, -0.05) is 12.8 Å². The second-order valence-electron chi connectivity index (χ2n) is 4.42. The highest BCUT2D eigenvalue weighted by Gasteiger charge is 2.25. The number of hydrogen-bond acceptors (Lipinski definition) is 4. The predicted molar refractivity (Wildman–Crippen MR) is 62.5 cm³/mol. The maximum atomic E-state index is 11.7. The molecule has 1 atom stereocenters. The molecule has 94 valence electrons. The van der Waals surface area contributed by atoms with E-state index in [2.05, 4.69) is 10.0 Å². The zero-order valence-corrected chi connectivity index (χ0v) is 10.6. The average molecular weight is 248 g/mol. The quantitative estimate of drug-likeness (QED) is 0.757. The summed E-state index contributed by atoms with van der Waals surface area (Å²) < 4.78 is 25.1. The zero-order valence-electron chi connectivity index (χ0n) is 9.82. The number of nitrogens with one attached hydrogen (secondary N) is 2. The van der Waals surface area contributed by atoms with Gasteiger partial charge in [0.2, 0.25) is 10.0 Å². The summed E-state index contributed by atoms with van der Waals surface area (Å²) in [4.78, 5) is 11.7. The topological polar surface area (TPSA) is 75.3 Å². The van der Waals surface area contributed by atoms with Gasteiger partial charge in [-0.3, -0.25) is 9.52 Å². The van der Waals surface area contributed by atoms with Gasteiger partial charge >= 0.3 is 0 Å². The smallest absolute Gasteiger partial charge is 0.250 e. The van der Waals surface area contributed by atoms with Gasteiger partial charge in [-0.2, -0.15) is 0 Å². The number of sulfonamides is 1. The third kappa shape index (κ3) is 3.75. The van der Waals surface area contributed by atoms with Crippen LogP contribution in [0, 0.1) is 0 Å². The Hall–Kier alpha value is -0.620. The third-order valence-electron chi connectivity index (χ3n) is 2.74. The average Bonchev–Trinajstić information content (AvgIpc) is 2.44. The third-order valence-corrected chi connectivity index (χ3v) is 4.47. The van der Waals surface area contributed by atoms with E-state index in [1.54, 1.807) is 13.8 Å². The highest BCUT2D eigenvalue weighted by atomic mass is 32.2. The highest BCUT2D eigenvalue weighted by molar-refractivity contribution is 7.90. The van der Waals surface area contributed by atoms with E-state index >= 15 is 0 Å². The van der Waals surface area contributed by atoms with Crippen molar-refractivity contribution >= 4 is 15.9 Å². The van der Waals surface area contributed by atoms with Gasteiger partial charge in [-0.05, 0) is 33.2 Å². The van der Waals surface area contributed by atoms with E-state index in [4.69, 9.17) is 0 Å². The van der Waals surface area contributed by atoms with E-state index < -0.39 is 21.2 Å². The second kappa shape index (κ2) is 5.63. The lowest BCUT2D eigenvalue weighted by atomic mass is 10.1. The Morgan fingerprint density at radius 3 is 2.62 bits per heavy atom. The molecule has 1 heterocycles. The van der Waals surface area contributed by atoms with Crippen LogP contribution in [0.5, 0.6) is 0 Å². The van der Waals surface area contributed by atoms with Crippen molar-refractivity contribution in [3.8, 4) is 0 Å². The number of carbonyl (C=O) groups excluding carboxylic acids is 1. The monoisotopic (exact) mass is 248 g/mol. The summed E-state index contributed by atoms with van der Waals surface area (Å²) in [6.45, 7) is 3.88. The molecule has 2 N–H and O–H groups in total. The Labute approximate surface area is 97.0 Å². The summed E-state index contributed by atoms with van der Waals surface area (Å²) in [6, 6.07) is -0.365. The fourth-order valence-corrected chi connectivity index (χ4v) is 2.24. The van der Waals surface area contributed by atoms with E-state index in [9.17, 15) is 13.2 Å². The van der Waals surface area contributed by atoms with E-state index in [1.807, 2.05) is 0 Å². The van der Waals surface area contributed by atoms with Crippen molar-refractivity contribution in [2.24, 2.45) is 0 Å². The van der Waals surface area contributed by atoms with Crippen LogP contribution in [0.1, 0.15) is 39.5 Å². The van der Waals surface area contributed by atoms with E-state index in [0.717, 1.165) is 25.8 Å². The molecule has 1 fully saturated rings. The Morgan fingerprint density at radius 1 is 1.31 bits per heavy atom. The molecule has 0 saturated carbocycles. The lowest BCUT2D eigenvalue weighted by molar-refractivity contribution is -0.121. The molecule has 16 heavy (non-hydrogen) atoms. The number of amides is 1. The molecule has 0 radical (unpaired) electrons. The van der Waals surface area contributed by atoms with Crippen LogP contribution in [0.4, 0.5) is 0 Å². The molecule has 1 saturated heterocycles. The fourth-order valence-electron chi connectivity index (χ4n) is 1.58. The minimum absolute atomic E-state index is 0.365. The predicted octanol–water partition coefficient (Wildman–Crippen LogP) is 0.373. The van der Waals surface area contributed by atoms with Crippen LogP contribution in [0.3, 0.4) is 0 Å². The summed E-state index contributed by atoms with van der Waals surface area (Å²) in [5, 5.41) is 2.49. The van der Waals surface area contributed by atoms with Gasteiger partial charge < -0.3 is 5.32 Å². The van der Waals surface area contributed by atoms with Crippen LogP contribution in [-0.2, 0) is 14.8 Å². The van der Waals surface area contributed by atoms with Gasteiger partial charge in [0, 0.05) is 0 Å². The fraction of sp³-hybridized carbons (Fsp3) is 0.900. The van der Waals surface area contributed by atoms with Crippen molar-refractivity contribution in [3.05, 3.63) is 0 Å². The molecule has 5 nitrogen and oxygen atoms in total. The van der Waals surface area contributed by atoms with Crippen molar-refractivity contribution < 1.29 is 13.2 Å². The summed E-state index contributed by atoms with van der Waals surface area (Å²) >= 11 is 0. The van der Waals surface area contributed by atoms with Crippen molar-refractivity contribution in [2.45, 2.75) is 50.8 Å². The maximum Gasteiger partial charge on any atom is 0.250 e. The first kappa shape index (κ1) is 13.4. The Kier molecular flexibility index (Phi) is 4.73. The Morgan fingerprint density at radius 2 is 2.00 bits per heavy atom. The Bertz CT molecular complexity index is 330. The number of hydrogen-bond donors (Lipinski definition) is 2. The largest absolute Gasteiger partial charge is 0.306 e. The van der Waals surface area contributed by atoms with Gasteiger partial charge in [0.25, 0.3) is 5.91 Å². The first-order valence-corrected chi connectivity index (χ1v) is 7.27. The van der Waals surface area contributed by atoms with E-state index in [-0.39, 0.29) is 6.04 Å². The SMILES string of the molecule is CC(C)S(=O)(=O)NC(=O)C1CCCCCN1. The summed E-state index contributed by atoms with van der Waals surface area (Å²) in [5.74, 6) is -0.421. The molecule has 0 aliphatic carbocycles. The standard InChI is InChI=1S/C10H20N2O3S/c1-8(2)16(14,15)12-10(13)9-6-4-3-5-7-11-9/h8-9,11H,3-7H2,1-2H3,(H,12,13). The van der Waals surface area contributed by atoms with Crippen LogP contribution in [0.2, 0.25) is 0 Å². The van der Waals surface area contributed by atoms with Gasteiger partial charge in [0.15, 0.2) is 0 Å².